The highest BCUT2D eigenvalue weighted by Crippen LogP contribution is 2.39. The van der Waals surface area contributed by atoms with Crippen molar-refractivity contribution in [3.63, 3.8) is 0 Å². The molecule has 1 N–H and O–H groups in total. The second kappa shape index (κ2) is 5.75. The fourth-order valence-electron chi connectivity index (χ4n) is 2.25. The van der Waals surface area contributed by atoms with Crippen LogP contribution in [0, 0.1) is 30.3 Å². The Morgan fingerprint density at radius 2 is 1.52 bits per heavy atom. The van der Waals surface area contributed by atoms with Gasteiger partial charge in [-0.3, -0.25) is 30.3 Å². The number of rotatable bonds is 5. The third-order valence-corrected chi connectivity index (χ3v) is 5.03. The first-order valence-corrected chi connectivity index (χ1v) is 8.01. The molecule has 1 aliphatic rings. The first-order chi connectivity index (χ1) is 10.6. The van der Waals surface area contributed by atoms with Crippen LogP contribution in [0.4, 0.5) is 22.7 Å². The number of benzene rings is 1. The first-order valence-electron chi connectivity index (χ1n) is 6.19. The molecule has 124 valence electrons. The third-order valence-electron chi connectivity index (χ3n) is 3.27. The van der Waals surface area contributed by atoms with E-state index in [9.17, 15) is 38.8 Å². The predicted octanol–water partition coefficient (Wildman–Crippen LogP) is 1.01. The minimum absolute atomic E-state index is 0.133. The number of non-ortho nitro benzene ring substituents is 1. The van der Waals surface area contributed by atoms with Gasteiger partial charge in [-0.05, 0) is 6.42 Å². The van der Waals surface area contributed by atoms with Crippen LogP contribution < -0.4 is 5.32 Å². The monoisotopic (exact) mass is 346 g/mol. The van der Waals surface area contributed by atoms with Gasteiger partial charge in [0.25, 0.3) is 5.69 Å². The van der Waals surface area contributed by atoms with Gasteiger partial charge in [0.1, 0.15) is 0 Å². The van der Waals surface area contributed by atoms with Crippen molar-refractivity contribution in [3.05, 3.63) is 42.5 Å². The number of nitrogens with zero attached hydrogens (tertiary/aromatic N) is 3. The molecule has 0 saturated carbocycles. The van der Waals surface area contributed by atoms with Crippen molar-refractivity contribution in [2.75, 3.05) is 16.8 Å². The van der Waals surface area contributed by atoms with Crippen molar-refractivity contribution >= 4 is 32.6 Å². The highest BCUT2D eigenvalue weighted by atomic mass is 32.2. The SMILES string of the molecule is O=[N+]([O-])c1cc([N+](=O)[O-])c(NC2CCS(=O)(=O)C2)c([N+](=O)[O-])c1. The minimum atomic E-state index is -3.31. The Kier molecular flexibility index (Phi) is 4.14. The van der Waals surface area contributed by atoms with Crippen molar-refractivity contribution < 1.29 is 23.2 Å². The minimum Gasteiger partial charge on any atom is -0.370 e. The zero-order valence-electron chi connectivity index (χ0n) is 11.4. The highest BCUT2D eigenvalue weighted by Gasteiger charge is 2.35. The molecule has 0 spiro atoms. The Balaban J connectivity index is 2.53. The van der Waals surface area contributed by atoms with E-state index in [-0.39, 0.29) is 17.9 Å². The highest BCUT2D eigenvalue weighted by molar-refractivity contribution is 7.91. The molecule has 0 aliphatic carbocycles. The quantitative estimate of drug-likeness (QED) is 0.602. The average Bonchev–Trinajstić information content (AvgIpc) is 2.77. The number of hydrogen-bond acceptors (Lipinski definition) is 9. The molecule has 0 amide bonds. The van der Waals surface area contributed by atoms with E-state index in [0.29, 0.717) is 12.1 Å². The van der Waals surface area contributed by atoms with Gasteiger partial charge in [0.15, 0.2) is 15.5 Å². The Hall–Kier alpha value is -2.83. The van der Waals surface area contributed by atoms with E-state index < -0.39 is 53.4 Å². The molecule has 0 aromatic heterocycles. The van der Waals surface area contributed by atoms with Crippen LogP contribution in [0.15, 0.2) is 12.1 Å². The number of anilines is 1. The summed E-state index contributed by atoms with van der Waals surface area (Å²) in [5.41, 5.74) is -3.04. The largest absolute Gasteiger partial charge is 0.370 e. The summed E-state index contributed by atoms with van der Waals surface area (Å²) in [6, 6.07) is 0.455. The van der Waals surface area contributed by atoms with Gasteiger partial charge in [-0.1, -0.05) is 0 Å². The van der Waals surface area contributed by atoms with Gasteiger partial charge >= 0.3 is 11.4 Å². The average molecular weight is 346 g/mol. The molecule has 12 nitrogen and oxygen atoms in total. The zero-order valence-corrected chi connectivity index (χ0v) is 12.2. The van der Waals surface area contributed by atoms with Crippen molar-refractivity contribution in [2.24, 2.45) is 0 Å². The van der Waals surface area contributed by atoms with E-state index in [1.807, 2.05) is 0 Å². The molecule has 0 bridgehead atoms. The smallest absolute Gasteiger partial charge is 0.306 e. The van der Waals surface area contributed by atoms with Gasteiger partial charge in [-0.25, -0.2) is 8.42 Å². The molecule has 1 atom stereocenters. The maximum Gasteiger partial charge on any atom is 0.306 e. The molecular formula is C10H10N4O8S. The van der Waals surface area contributed by atoms with Gasteiger partial charge < -0.3 is 5.32 Å². The van der Waals surface area contributed by atoms with E-state index >= 15 is 0 Å². The molecule has 1 aromatic rings. The van der Waals surface area contributed by atoms with E-state index in [2.05, 4.69) is 5.32 Å². The first kappa shape index (κ1) is 16.5. The van der Waals surface area contributed by atoms with Gasteiger partial charge in [0.2, 0.25) is 0 Å². The predicted molar refractivity (Wildman–Crippen MR) is 77.1 cm³/mol. The van der Waals surface area contributed by atoms with E-state index in [1.54, 1.807) is 0 Å². The molecule has 23 heavy (non-hydrogen) atoms. The third kappa shape index (κ3) is 3.50. The molecule has 2 rings (SSSR count). The maximum atomic E-state index is 11.4. The molecule has 0 radical (unpaired) electrons. The van der Waals surface area contributed by atoms with Crippen molar-refractivity contribution in [1.82, 2.24) is 0 Å². The number of sulfone groups is 1. The number of nitro groups is 3. The fourth-order valence-corrected chi connectivity index (χ4v) is 3.92. The normalized spacial score (nSPS) is 19.2. The summed E-state index contributed by atoms with van der Waals surface area (Å²) in [6.07, 6.45) is 0.133. The Morgan fingerprint density at radius 3 is 1.87 bits per heavy atom. The van der Waals surface area contributed by atoms with Crippen LogP contribution >= 0.6 is 0 Å². The van der Waals surface area contributed by atoms with E-state index in [0.717, 1.165) is 0 Å². The van der Waals surface area contributed by atoms with Crippen LogP contribution in [-0.2, 0) is 9.84 Å². The summed E-state index contributed by atoms with van der Waals surface area (Å²) in [5.74, 6) is -0.461. The molecule has 1 unspecified atom stereocenters. The fraction of sp³-hybridized carbons (Fsp3) is 0.400. The van der Waals surface area contributed by atoms with Crippen LogP contribution in [0.5, 0.6) is 0 Å². The van der Waals surface area contributed by atoms with E-state index in [4.69, 9.17) is 0 Å². The lowest BCUT2D eigenvalue weighted by Gasteiger charge is -2.12. The molecule has 13 heteroatoms. The molecular weight excluding hydrogens is 336 g/mol. The van der Waals surface area contributed by atoms with E-state index in [1.165, 1.54) is 0 Å². The van der Waals surface area contributed by atoms with Crippen LogP contribution in [-0.4, -0.2) is 40.7 Å². The second-order valence-electron chi connectivity index (χ2n) is 4.87. The summed E-state index contributed by atoms with van der Waals surface area (Å²) >= 11 is 0. The summed E-state index contributed by atoms with van der Waals surface area (Å²) in [5, 5.41) is 35.4. The molecule has 1 heterocycles. The maximum absolute atomic E-state index is 11.4. The van der Waals surface area contributed by atoms with Crippen molar-refractivity contribution in [3.8, 4) is 0 Å². The van der Waals surface area contributed by atoms with Crippen LogP contribution in [0.2, 0.25) is 0 Å². The number of hydrogen-bond donors (Lipinski definition) is 1. The van der Waals surface area contributed by atoms with Gasteiger partial charge in [0, 0.05) is 6.04 Å². The van der Waals surface area contributed by atoms with Crippen LogP contribution in [0.1, 0.15) is 6.42 Å². The second-order valence-corrected chi connectivity index (χ2v) is 7.10. The summed E-state index contributed by atoms with van der Waals surface area (Å²) < 4.78 is 22.8. The summed E-state index contributed by atoms with van der Waals surface area (Å²) in [6.45, 7) is 0. The summed E-state index contributed by atoms with van der Waals surface area (Å²) in [7, 11) is -3.31. The van der Waals surface area contributed by atoms with Gasteiger partial charge in [-0.15, -0.1) is 0 Å². The Bertz CT molecular complexity index is 770. The van der Waals surface area contributed by atoms with Crippen molar-refractivity contribution in [1.29, 1.82) is 0 Å². The molecule has 1 saturated heterocycles. The van der Waals surface area contributed by atoms with Gasteiger partial charge in [0.05, 0.1) is 38.4 Å². The topological polar surface area (TPSA) is 176 Å². The molecule has 1 fully saturated rings. The Labute approximate surface area is 128 Å². The Morgan fingerprint density at radius 1 is 1.00 bits per heavy atom. The lowest BCUT2D eigenvalue weighted by Crippen LogP contribution is -2.22. The lowest BCUT2D eigenvalue weighted by molar-refractivity contribution is -0.401. The van der Waals surface area contributed by atoms with Crippen LogP contribution in [0.3, 0.4) is 0 Å². The number of nitrogens with one attached hydrogen (secondary N) is 1. The molecule has 1 aromatic carbocycles. The summed E-state index contributed by atoms with van der Waals surface area (Å²) in [4.78, 5) is 29.9. The van der Waals surface area contributed by atoms with Gasteiger partial charge in [-0.2, -0.15) is 0 Å². The number of nitro benzene ring substituents is 3. The lowest BCUT2D eigenvalue weighted by atomic mass is 10.1. The van der Waals surface area contributed by atoms with Crippen LogP contribution in [0.25, 0.3) is 0 Å². The standard InChI is InChI=1S/C10H10N4O8S/c15-12(16)7-3-8(13(17)18)10(9(4-7)14(19)20)11-6-1-2-23(21,22)5-6/h3-4,6,11H,1-2,5H2. The molecule has 1 aliphatic heterocycles. The zero-order chi connectivity index (χ0) is 17.4. The van der Waals surface area contributed by atoms with Crippen molar-refractivity contribution in [2.45, 2.75) is 12.5 Å².